The molecule has 2 aromatic heterocycles. The Morgan fingerprint density at radius 2 is 2.17 bits per heavy atom. The molecule has 2 heterocycles. The lowest BCUT2D eigenvalue weighted by molar-refractivity contribution is -0.137. The normalized spacial score (nSPS) is 11.9. The Balaban J connectivity index is 2.29. The van der Waals surface area contributed by atoms with E-state index in [9.17, 15) is 18.0 Å². The van der Waals surface area contributed by atoms with Gasteiger partial charge in [-0.05, 0) is 6.07 Å². The van der Waals surface area contributed by atoms with Crippen molar-refractivity contribution in [3.8, 4) is 5.82 Å². The maximum Gasteiger partial charge on any atom is 0.417 e. The molecule has 0 spiro atoms. The van der Waals surface area contributed by atoms with Gasteiger partial charge in [0.25, 0.3) is 5.91 Å². The second-order valence-corrected chi connectivity index (χ2v) is 4.73. The van der Waals surface area contributed by atoms with E-state index < -0.39 is 17.6 Å². The van der Waals surface area contributed by atoms with Gasteiger partial charge >= 0.3 is 6.18 Å². The van der Waals surface area contributed by atoms with Gasteiger partial charge in [-0.3, -0.25) is 10.0 Å². The molecule has 1 amide bonds. The maximum absolute atomic E-state index is 12.6. The Morgan fingerprint density at radius 3 is 2.74 bits per heavy atom. The van der Waals surface area contributed by atoms with E-state index in [2.05, 4.69) is 15.1 Å². The van der Waals surface area contributed by atoms with Crippen LogP contribution in [0.3, 0.4) is 0 Å². The molecule has 2 aromatic rings. The molecule has 0 fully saturated rings. The first kappa shape index (κ1) is 16.9. The zero-order valence-electron chi connectivity index (χ0n) is 11.5. The fraction of sp³-hybridized carbons (Fsp3) is 0.167. The minimum atomic E-state index is -4.56. The summed E-state index contributed by atoms with van der Waals surface area (Å²) in [6.45, 7) is 0. The van der Waals surface area contributed by atoms with Gasteiger partial charge < -0.3 is 0 Å². The van der Waals surface area contributed by atoms with Crippen LogP contribution in [0.5, 0.6) is 0 Å². The van der Waals surface area contributed by atoms with Crippen LogP contribution in [0.2, 0.25) is 5.02 Å². The molecule has 0 bridgehead atoms. The lowest BCUT2D eigenvalue weighted by Gasteiger charge is -2.08. The Kier molecular flexibility index (Phi) is 4.66. The van der Waals surface area contributed by atoms with Gasteiger partial charge in [0.1, 0.15) is 6.34 Å². The number of pyridine rings is 1. The zero-order valence-corrected chi connectivity index (χ0v) is 12.2. The highest BCUT2D eigenvalue weighted by atomic mass is 35.5. The Morgan fingerprint density at radius 1 is 1.48 bits per heavy atom. The molecule has 0 saturated heterocycles. The summed E-state index contributed by atoms with van der Waals surface area (Å²) in [6, 6.07) is 0.714. The predicted molar refractivity (Wildman–Crippen MR) is 73.7 cm³/mol. The van der Waals surface area contributed by atoms with Crippen LogP contribution >= 0.6 is 11.6 Å². The van der Waals surface area contributed by atoms with Gasteiger partial charge in [0.2, 0.25) is 0 Å². The Labute approximate surface area is 132 Å². The first-order valence-corrected chi connectivity index (χ1v) is 6.34. The van der Waals surface area contributed by atoms with Crippen molar-refractivity contribution in [2.75, 3.05) is 7.05 Å². The number of halogens is 4. The summed E-state index contributed by atoms with van der Waals surface area (Å²) in [7, 11) is 1.26. The molecule has 0 saturated carbocycles. The van der Waals surface area contributed by atoms with Crippen molar-refractivity contribution in [2.45, 2.75) is 6.18 Å². The molecule has 23 heavy (non-hydrogen) atoms. The van der Waals surface area contributed by atoms with Crippen molar-refractivity contribution in [3.05, 3.63) is 40.8 Å². The maximum atomic E-state index is 12.6. The van der Waals surface area contributed by atoms with Gasteiger partial charge in [-0.25, -0.2) is 14.7 Å². The van der Waals surface area contributed by atoms with Crippen LogP contribution in [-0.4, -0.2) is 44.3 Å². The van der Waals surface area contributed by atoms with Crippen LogP contribution in [0, 0.1) is 0 Å². The molecule has 0 unspecified atom stereocenters. The van der Waals surface area contributed by atoms with E-state index in [1.165, 1.54) is 13.2 Å². The van der Waals surface area contributed by atoms with Gasteiger partial charge in [0.15, 0.2) is 5.82 Å². The van der Waals surface area contributed by atoms with E-state index in [-0.39, 0.29) is 16.4 Å². The third kappa shape index (κ3) is 4.05. The molecule has 0 aliphatic rings. The third-order valence-corrected chi connectivity index (χ3v) is 2.82. The summed E-state index contributed by atoms with van der Waals surface area (Å²) in [5.74, 6) is -0.776. The summed E-state index contributed by atoms with van der Waals surface area (Å²) < 4.78 is 38.7. The zero-order chi connectivity index (χ0) is 17.2. The minimum absolute atomic E-state index is 0.0425. The number of aromatic nitrogens is 3. The lowest BCUT2D eigenvalue weighted by atomic mass is 10.3. The van der Waals surface area contributed by atoms with Gasteiger partial charge in [0.05, 0.1) is 22.3 Å². The molecule has 0 aromatic carbocycles. The number of hydrogen-bond donors (Lipinski definition) is 1. The quantitative estimate of drug-likeness (QED) is 0.524. The molecular formula is C12H9ClF3N5O2. The third-order valence-electron chi connectivity index (χ3n) is 2.54. The largest absolute Gasteiger partial charge is 0.417 e. The van der Waals surface area contributed by atoms with E-state index in [0.29, 0.717) is 17.3 Å². The van der Waals surface area contributed by atoms with Crippen molar-refractivity contribution in [1.82, 2.24) is 19.8 Å². The van der Waals surface area contributed by atoms with Crippen LogP contribution in [-0.2, 0) is 6.18 Å². The average Bonchev–Trinajstić information content (AvgIpc) is 2.93. The first-order chi connectivity index (χ1) is 10.7. The molecule has 11 heteroatoms. The molecule has 7 nitrogen and oxygen atoms in total. The number of hydrogen-bond acceptors (Lipinski definition) is 4. The average molecular weight is 348 g/mol. The summed E-state index contributed by atoms with van der Waals surface area (Å²) in [5, 5.41) is 13.0. The van der Waals surface area contributed by atoms with Crippen LogP contribution in [0.15, 0.2) is 29.6 Å². The van der Waals surface area contributed by atoms with Gasteiger partial charge in [-0.15, -0.1) is 0 Å². The lowest BCUT2D eigenvalue weighted by Crippen LogP contribution is -2.10. The summed E-state index contributed by atoms with van der Waals surface area (Å²) in [5.41, 5.74) is -0.953. The van der Waals surface area contributed by atoms with Crippen molar-refractivity contribution < 1.29 is 23.2 Å². The van der Waals surface area contributed by atoms with E-state index in [4.69, 9.17) is 16.8 Å². The van der Waals surface area contributed by atoms with Gasteiger partial charge in [0, 0.05) is 19.4 Å². The van der Waals surface area contributed by atoms with Gasteiger partial charge in [-0.2, -0.15) is 23.3 Å². The number of aliphatic imine (C=N–C) groups is 1. The number of carbonyl (C=O) groups is 1. The molecule has 0 atom stereocenters. The van der Waals surface area contributed by atoms with Crippen LogP contribution in [0.1, 0.15) is 15.9 Å². The monoisotopic (exact) mass is 347 g/mol. The fourth-order valence-corrected chi connectivity index (χ4v) is 1.77. The van der Waals surface area contributed by atoms with E-state index >= 15 is 0 Å². The van der Waals surface area contributed by atoms with Crippen molar-refractivity contribution >= 4 is 23.8 Å². The van der Waals surface area contributed by atoms with Crippen molar-refractivity contribution in [3.63, 3.8) is 0 Å². The molecule has 1 N–H and O–H groups in total. The summed E-state index contributed by atoms with van der Waals surface area (Å²) in [4.78, 5) is 18.7. The van der Waals surface area contributed by atoms with Crippen molar-refractivity contribution in [2.24, 2.45) is 4.99 Å². The van der Waals surface area contributed by atoms with Crippen LogP contribution in [0.4, 0.5) is 13.2 Å². The molecule has 2 rings (SSSR count). The molecule has 0 aliphatic carbocycles. The standard InChI is InChI=1S/C12H9ClF3N5O2/c1-20(23)6-18-11(22)7-3-19-21(5-7)10-9(13)2-8(4-17-10)12(14,15)16/h2-6,23H,1H3. The van der Waals surface area contributed by atoms with Crippen molar-refractivity contribution in [1.29, 1.82) is 0 Å². The topological polar surface area (TPSA) is 83.6 Å². The van der Waals surface area contributed by atoms with Gasteiger partial charge in [-0.1, -0.05) is 11.6 Å². The van der Waals surface area contributed by atoms with E-state index in [1.54, 1.807) is 0 Å². The molecule has 0 aliphatic heterocycles. The second kappa shape index (κ2) is 6.34. The summed E-state index contributed by atoms with van der Waals surface area (Å²) in [6.07, 6.45) is -0.719. The molecular weight excluding hydrogens is 339 g/mol. The van der Waals surface area contributed by atoms with Crippen LogP contribution in [0.25, 0.3) is 5.82 Å². The molecule has 0 radical (unpaired) electrons. The highest BCUT2D eigenvalue weighted by Crippen LogP contribution is 2.31. The number of rotatable bonds is 3. The highest BCUT2D eigenvalue weighted by Gasteiger charge is 2.31. The smallest absolute Gasteiger partial charge is 0.288 e. The number of hydroxylamine groups is 2. The minimum Gasteiger partial charge on any atom is -0.288 e. The Hall–Kier alpha value is -2.46. The number of amides is 1. The number of nitrogens with zero attached hydrogens (tertiary/aromatic N) is 5. The Bertz CT molecular complexity index is 757. The van der Waals surface area contributed by atoms with Crippen LogP contribution < -0.4 is 0 Å². The van der Waals surface area contributed by atoms with E-state index in [0.717, 1.165) is 17.2 Å². The molecule has 122 valence electrons. The number of carbonyl (C=O) groups excluding carboxylic acids is 1. The second-order valence-electron chi connectivity index (χ2n) is 4.32. The SMILES string of the molecule is CN(O)C=NC(=O)c1cnn(-c2ncc(C(F)(F)F)cc2Cl)c1. The summed E-state index contributed by atoms with van der Waals surface area (Å²) >= 11 is 5.78. The predicted octanol–water partition coefficient (Wildman–Crippen LogP) is 2.43. The highest BCUT2D eigenvalue weighted by molar-refractivity contribution is 6.32. The van der Waals surface area contributed by atoms with E-state index in [1.807, 2.05) is 0 Å². The fourth-order valence-electron chi connectivity index (χ4n) is 1.51. The first-order valence-electron chi connectivity index (χ1n) is 5.96. The number of alkyl halides is 3.